The van der Waals surface area contributed by atoms with Crippen LogP contribution in [-0.2, 0) is 6.54 Å². The second-order valence-corrected chi connectivity index (χ2v) is 6.56. The number of benzene rings is 2. The molecule has 1 aliphatic heterocycles. The summed E-state index contributed by atoms with van der Waals surface area (Å²) in [6.07, 6.45) is 2.46. The van der Waals surface area contributed by atoms with Crippen LogP contribution in [0.2, 0.25) is 0 Å². The van der Waals surface area contributed by atoms with Crippen LogP contribution in [-0.4, -0.2) is 17.8 Å². The van der Waals surface area contributed by atoms with Crippen LogP contribution >= 0.6 is 0 Å². The van der Waals surface area contributed by atoms with Crippen LogP contribution in [0.5, 0.6) is 11.5 Å². The largest absolute Gasteiger partial charge is 0.454 e. The number of pyridine rings is 1. The molecule has 5 heteroatoms. The first-order chi connectivity index (χ1) is 12.3. The van der Waals surface area contributed by atoms with Gasteiger partial charge in [0.25, 0.3) is 0 Å². The first kappa shape index (κ1) is 14.7. The molecule has 0 spiro atoms. The predicted octanol–water partition coefficient (Wildman–Crippen LogP) is 4.02. The molecule has 0 unspecified atom stereocenters. The van der Waals surface area contributed by atoms with E-state index in [-0.39, 0.29) is 12.6 Å². The monoisotopic (exact) mass is 336 g/mol. The summed E-state index contributed by atoms with van der Waals surface area (Å²) in [7, 11) is 0. The summed E-state index contributed by atoms with van der Waals surface area (Å²) in [6.45, 7) is 0.987. The van der Waals surface area contributed by atoms with Gasteiger partial charge in [-0.3, -0.25) is 0 Å². The van der Waals surface area contributed by atoms with Gasteiger partial charge >= 0.3 is 0 Å². The normalized spacial score (nSPS) is 15.7. The van der Waals surface area contributed by atoms with Crippen molar-refractivity contribution in [1.82, 2.24) is 10.3 Å². The molecule has 1 saturated carbocycles. The number of hydrogen-bond donors (Lipinski definition) is 1. The van der Waals surface area contributed by atoms with Crippen LogP contribution in [0.4, 0.5) is 4.39 Å². The van der Waals surface area contributed by atoms with E-state index in [1.807, 2.05) is 12.1 Å². The molecule has 2 heterocycles. The molecule has 1 fully saturated rings. The van der Waals surface area contributed by atoms with Crippen LogP contribution in [0, 0.1) is 5.82 Å². The van der Waals surface area contributed by atoms with E-state index in [1.54, 1.807) is 12.1 Å². The van der Waals surface area contributed by atoms with Crippen molar-refractivity contribution < 1.29 is 13.9 Å². The fraction of sp³-hybridized carbons (Fsp3) is 0.250. The van der Waals surface area contributed by atoms with E-state index >= 15 is 0 Å². The van der Waals surface area contributed by atoms with Gasteiger partial charge in [-0.15, -0.1) is 0 Å². The van der Waals surface area contributed by atoms with Gasteiger partial charge in [-0.2, -0.15) is 0 Å². The quantitative estimate of drug-likeness (QED) is 0.781. The summed E-state index contributed by atoms with van der Waals surface area (Å²) in [5.74, 6) is 1.23. The van der Waals surface area contributed by atoms with E-state index in [2.05, 4.69) is 11.4 Å². The van der Waals surface area contributed by atoms with Crippen LogP contribution in [0.3, 0.4) is 0 Å². The summed E-state index contributed by atoms with van der Waals surface area (Å²) in [5, 5.41) is 4.56. The standard InChI is InChI=1S/C20H17FN2O2/c21-15-3-1-12(2-4-15)20-14(10-22-16-5-6-16)7-13-8-18-19(25-11-24-18)9-17(13)23-20/h1-4,7-9,16,22H,5-6,10-11H2. The summed E-state index contributed by atoms with van der Waals surface area (Å²) in [4.78, 5) is 4.85. The molecule has 2 aliphatic rings. The van der Waals surface area contributed by atoms with Gasteiger partial charge < -0.3 is 14.8 Å². The van der Waals surface area contributed by atoms with Gasteiger partial charge in [0.15, 0.2) is 11.5 Å². The Balaban J connectivity index is 1.64. The Kier molecular flexibility index (Phi) is 3.35. The third-order valence-electron chi connectivity index (χ3n) is 4.66. The minimum absolute atomic E-state index is 0.243. The first-order valence-corrected chi connectivity index (χ1v) is 8.49. The highest BCUT2D eigenvalue weighted by Gasteiger charge is 2.22. The van der Waals surface area contributed by atoms with Gasteiger partial charge in [0.2, 0.25) is 6.79 Å². The van der Waals surface area contributed by atoms with Gasteiger partial charge in [0.05, 0.1) is 11.2 Å². The van der Waals surface area contributed by atoms with Crippen molar-refractivity contribution in [2.24, 2.45) is 0 Å². The number of nitrogens with zero attached hydrogens (tertiary/aromatic N) is 1. The molecule has 0 radical (unpaired) electrons. The van der Waals surface area contributed by atoms with Gasteiger partial charge in [-0.25, -0.2) is 9.37 Å². The molecular weight excluding hydrogens is 319 g/mol. The molecule has 5 rings (SSSR count). The Morgan fingerprint density at radius 1 is 1.04 bits per heavy atom. The molecule has 1 aromatic heterocycles. The van der Waals surface area contributed by atoms with E-state index in [9.17, 15) is 4.39 Å². The van der Waals surface area contributed by atoms with Crippen molar-refractivity contribution >= 4 is 10.9 Å². The molecule has 1 aliphatic carbocycles. The number of hydrogen-bond acceptors (Lipinski definition) is 4. The maximum atomic E-state index is 13.3. The third kappa shape index (κ3) is 2.81. The topological polar surface area (TPSA) is 43.4 Å². The molecule has 0 amide bonds. The third-order valence-corrected chi connectivity index (χ3v) is 4.66. The molecule has 2 aromatic carbocycles. The summed E-state index contributed by atoms with van der Waals surface area (Å²) in [6, 6.07) is 13.1. The summed E-state index contributed by atoms with van der Waals surface area (Å²) < 4.78 is 24.2. The molecule has 1 N–H and O–H groups in total. The highest BCUT2D eigenvalue weighted by Crippen LogP contribution is 2.37. The molecule has 25 heavy (non-hydrogen) atoms. The Morgan fingerprint density at radius 3 is 2.56 bits per heavy atom. The highest BCUT2D eigenvalue weighted by molar-refractivity contribution is 5.86. The van der Waals surface area contributed by atoms with Crippen LogP contribution in [0.15, 0.2) is 42.5 Å². The van der Waals surface area contributed by atoms with Gasteiger partial charge in [-0.05, 0) is 54.8 Å². The average molecular weight is 336 g/mol. The van der Waals surface area contributed by atoms with Crippen LogP contribution in [0.1, 0.15) is 18.4 Å². The molecule has 0 atom stereocenters. The lowest BCUT2D eigenvalue weighted by Crippen LogP contribution is -2.16. The summed E-state index contributed by atoms with van der Waals surface area (Å²) >= 11 is 0. The Labute approximate surface area is 144 Å². The number of nitrogens with one attached hydrogen (secondary N) is 1. The van der Waals surface area contributed by atoms with E-state index in [4.69, 9.17) is 14.5 Å². The van der Waals surface area contributed by atoms with Gasteiger partial charge in [-0.1, -0.05) is 0 Å². The first-order valence-electron chi connectivity index (χ1n) is 8.49. The van der Waals surface area contributed by atoms with E-state index in [0.717, 1.165) is 40.0 Å². The fourth-order valence-electron chi connectivity index (χ4n) is 3.14. The Morgan fingerprint density at radius 2 is 1.80 bits per heavy atom. The molecule has 3 aromatic rings. The molecule has 126 valence electrons. The van der Waals surface area contributed by atoms with Crippen molar-refractivity contribution in [2.45, 2.75) is 25.4 Å². The minimum atomic E-state index is -0.245. The number of ether oxygens (including phenoxy) is 2. The molecule has 0 saturated heterocycles. The number of rotatable bonds is 4. The Bertz CT molecular complexity index is 952. The smallest absolute Gasteiger partial charge is 0.231 e. The second-order valence-electron chi connectivity index (χ2n) is 6.56. The zero-order valence-corrected chi connectivity index (χ0v) is 13.6. The Hall–Kier alpha value is -2.66. The number of aromatic nitrogens is 1. The van der Waals surface area contributed by atoms with Gasteiger partial charge in [0.1, 0.15) is 5.82 Å². The van der Waals surface area contributed by atoms with Crippen LogP contribution in [0.25, 0.3) is 22.2 Å². The SMILES string of the molecule is Fc1ccc(-c2nc3cc4c(cc3cc2CNC2CC2)OCO4)cc1. The van der Waals surface area contributed by atoms with Crippen molar-refractivity contribution in [1.29, 1.82) is 0 Å². The number of fused-ring (bicyclic) bond motifs is 2. The maximum Gasteiger partial charge on any atom is 0.231 e. The molecular formula is C20H17FN2O2. The van der Waals surface area contributed by atoms with Crippen molar-refractivity contribution in [2.75, 3.05) is 6.79 Å². The highest BCUT2D eigenvalue weighted by atomic mass is 19.1. The van der Waals surface area contributed by atoms with E-state index < -0.39 is 0 Å². The minimum Gasteiger partial charge on any atom is -0.454 e. The van der Waals surface area contributed by atoms with Crippen molar-refractivity contribution in [3.05, 3.63) is 53.8 Å². The average Bonchev–Trinajstić information content (AvgIpc) is 3.35. The zero-order valence-electron chi connectivity index (χ0n) is 13.6. The van der Waals surface area contributed by atoms with Gasteiger partial charge in [0, 0.05) is 29.6 Å². The predicted molar refractivity (Wildman–Crippen MR) is 93.1 cm³/mol. The lowest BCUT2D eigenvalue weighted by Gasteiger charge is -2.12. The fourth-order valence-corrected chi connectivity index (χ4v) is 3.14. The van der Waals surface area contributed by atoms with Crippen molar-refractivity contribution in [3.63, 3.8) is 0 Å². The zero-order chi connectivity index (χ0) is 16.8. The lowest BCUT2D eigenvalue weighted by molar-refractivity contribution is 0.174. The van der Waals surface area contributed by atoms with E-state index in [0.29, 0.717) is 11.8 Å². The van der Waals surface area contributed by atoms with Crippen LogP contribution < -0.4 is 14.8 Å². The van der Waals surface area contributed by atoms with E-state index in [1.165, 1.54) is 25.0 Å². The number of halogens is 1. The molecule has 4 nitrogen and oxygen atoms in total. The summed E-state index contributed by atoms with van der Waals surface area (Å²) in [5.41, 5.74) is 3.73. The maximum absolute atomic E-state index is 13.3. The molecule has 0 bridgehead atoms. The lowest BCUT2D eigenvalue weighted by atomic mass is 10.0. The van der Waals surface area contributed by atoms with Crippen molar-refractivity contribution in [3.8, 4) is 22.8 Å². The second kappa shape index (κ2) is 5.70.